The molecule has 0 saturated heterocycles. The van der Waals surface area contributed by atoms with Gasteiger partial charge in [0.15, 0.2) is 11.5 Å². The molecule has 0 bridgehead atoms. The number of hydrogen-bond donors (Lipinski definition) is 2. The Morgan fingerprint density at radius 2 is 1.88 bits per heavy atom. The first kappa shape index (κ1) is 15.4. The average Bonchev–Trinajstić information content (AvgIpc) is 2.60. The molecule has 24 heavy (non-hydrogen) atoms. The van der Waals surface area contributed by atoms with E-state index in [-0.39, 0.29) is 0 Å². The van der Waals surface area contributed by atoms with E-state index in [2.05, 4.69) is 16.4 Å². The van der Waals surface area contributed by atoms with Gasteiger partial charge in [0.25, 0.3) is 0 Å². The zero-order chi connectivity index (χ0) is 17.1. The number of nitriles is 1. The summed E-state index contributed by atoms with van der Waals surface area (Å²) in [4.78, 5) is 4.33. The lowest BCUT2D eigenvalue weighted by Gasteiger charge is -2.14. The normalized spacial score (nSPS) is 10.2. The molecule has 0 aliphatic heterocycles. The molecule has 0 fully saturated rings. The second-order valence-electron chi connectivity index (χ2n) is 5.13. The fourth-order valence-corrected chi connectivity index (χ4v) is 2.50. The Labute approximate surface area is 139 Å². The van der Waals surface area contributed by atoms with E-state index in [1.165, 1.54) is 6.20 Å². The third-order valence-corrected chi connectivity index (χ3v) is 3.65. The van der Waals surface area contributed by atoms with Crippen molar-refractivity contribution in [3.8, 4) is 17.6 Å². The summed E-state index contributed by atoms with van der Waals surface area (Å²) in [7, 11) is 3.13. The van der Waals surface area contributed by atoms with Crippen molar-refractivity contribution in [1.29, 1.82) is 5.26 Å². The average molecular weight is 320 g/mol. The number of nitrogen functional groups attached to an aromatic ring is 1. The van der Waals surface area contributed by atoms with E-state index in [1.807, 2.05) is 12.1 Å². The summed E-state index contributed by atoms with van der Waals surface area (Å²) in [6.45, 7) is 0. The SMILES string of the molecule is COc1cc2ncc(C#N)c(Nc3cccc(N)c3)c2cc1OC. The monoisotopic (exact) mass is 320 g/mol. The summed E-state index contributed by atoms with van der Waals surface area (Å²) in [6.07, 6.45) is 1.53. The maximum Gasteiger partial charge on any atom is 0.162 e. The van der Waals surface area contributed by atoms with Crippen molar-refractivity contribution in [3.63, 3.8) is 0 Å². The molecule has 0 spiro atoms. The van der Waals surface area contributed by atoms with E-state index in [1.54, 1.807) is 38.5 Å². The quantitative estimate of drug-likeness (QED) is 0.715. The van der Waals surface area contributed by atoms with E-state index in [0.29, 0.717) is 34.0 Å². The second kappa shape index (κ2) is 6.34. The van der Waals surface area contributed by atoms with Crippen molar-refractivity contribution in [2.24, 2.45) is 0 Å². The summed E-state index contributed by atoms with van der Waals surface area (Å²) in [5.41, 5.74) is 9.01. The summed E-state index contributed by atoms with van der Waals surface area (Å²) in [5.74, 6) is 1.15. The van der Waals surface area contributed by atoms with Crippen LogP contribution in [0.5, 0.6) is 11.5 Å². The van der Waals surface area contributed by atoms with Crippen molar-refractivity contribution in [3.05, 3.63) is 48.2 Å². The molecule has 0 unspecified atom stereocenters. The van der Waals surface area contributed by atoms with E-state index in [9.17, 15) is 5.26 Å². The zero-order valence-electron chi connectivity index (χ0n) is 13.3. The van der Waals surface area contributed by atoms with Crippen LogP contribution in [0.4, 0.5) is 17.1 Å². The fourth-order valence-electron chi connectivity index (χ4n) is 2.50. The van der Waals surface area contributed by atoms with Crippen LogP contribution in [-0.4, -0.2) is 19.2 Å². The second-order valence-corrected chi connectivity index (χ2v) is 5.13. The van der Waals surface area contributed by atoms with E-state index >= 15 is 0 Å². The zero-order valence-corrected chi connectivity index (χ0v) is 13.3. The Bertz CT molecular complexity index is 948. The van der Waals surface area contributed by atoms with Crippen LogP contribution in [0.1, 0.15) is 5.56 Å². The first-order chi connectivity index (χ1) is 11.7. The first-order valence-corrected chi connectivity index (χ1v) is 7.23. The number of anilines is 3. The Balaban J connectivity index is 2.22. The van der Waals surface area contributed by atoms with Crippen molar-refractivity contribution in [1.82, 2.24) is 4.98 Å². The van der Waals surface area contributed by atoms with Gasteiger partial charge in [-0.25, -0.2) is 0 Å². The molecule has 0 saturated carbocycles. The van der Waals surface area contributed by atoms with Gasteiger partial charge in [0.1, 0.15) is 6.07 Å². The summed E-state index contributed by atoms with van der Waals surface area (Å²) < 4.78 is 10.7. The minimum absolute atomic E-state index is 0.428. The number of fused-ring (bicyclic) bond motifs is 1. The van der Waals surface area contributed by atoms with Gasteiger partial charge in [0, 0.05) is 29.0 Å². The van der Waals surface area contributed by atoms with E-state index < -0.39 is 0 Å². The summed E-state index contributed by atoms with van der Waals surface area (Å²) >= 11 is 0. The van der Waals surface area contributed by atoms with Gasteiger partial charge in [0.05, 0.1) is 31.0 Å². The number of methoxy groups -OCH3 is 2. The maximum atomic E-state index is 9.43. The van der Waals surface area contributed by atoms with Crippen LogP contribution in [0.3, 0.4) is 0 Å². The van der Waals surface area contributed by atoms with Crippen LogP contribution in [0.15, 0.2) is 42.6 Å². The number of aromatic nitrogens is 1. The molecule has 3 aromatic rings. The topological polar surface area (TPSA) is 93.2 Å². The number of ether oxygens (including phenoxy) is 2. The van der Waals surface area contributed by atoms with Crippen LogP contribution < -0.4 is 20.5 Å². The molecule has 0 aliphatic rings. The van der Waals surface area contributed by atoms with Crippen LogP contribution in [-0.2, 0) is 0 Å². The molecule has 0 radical (unpaired) electrons. The molecule has 3 rings (SSSR count). The number of nitrogens with zero attached hydrogens (tertiary/aromatic N) is 2. The molecule has 3 N–H and O–H groups in total. The minimum Gasteiger partial charge on any atom is -0.493 e. The standard InChI is InChI=1S/C18H16N4O2/c1-23-16-7-14-15(8-17(16)24-2)21-10-11(9-19)18(14)22-13-5-3-4-12(20)6-13/h3-8,10H,20H2,1-2H3,(H,21,22). The molecule has 120 valence electrons. The maximum absolute atomic E-state index is 9.43. The Morgan fingerprint density at radius 1 is 1.12 bits per heavy atom. The molecule has 6 nitrogen and oxygen atoms in total. The van der Waals surface area contributed by atoms with Gasteiger partial charge in [-0.05, 0) is 24.3 Å². The molecular formula is C18H16N4O2. The molecule has 2 aromatic carbocycles. The van der Waals surface area contributed by atoms with Crippen LogP contribution in [0.2, 0.25) is 0 Å². The highest BCUT2D eigenvalue weighted by atomic mass is 16.5. The highest BCUT2D eigenvalue weighted by molar-refractivity contribution is 5.97. The van der Waals surface area contributed by atoms with Crippen molar-refractivity contribution in [2.75, 3.05) is 25.3 Å². The van der Waals surface area contributed by atoms with Crippen LogP contribution in [0, 0.1) is 11.3 Å². The highest BCUT2D eigenvalue weighted by Gasteiger charge is 2.14. The Hall–Kier alpha value is -3.46. The number of rotatable bonds is 4. The van der Waals surface area contributed by atoms with Crippen molar-refractivity contribution >= 4 is 28.0 Å². The predicted molar refractivity (Wildman–Crippen MR) is 93.7 cm³/mol. The Morgan fingerprint density at radius 3 is 2.54 bits per heavy atom. The van der Waals surface area contributed by atoms with E-state index in [0.717, 1.165) is 11.1 Å². The summed E-state index contributed by atoms with van der Waals surface area (Å²) in [5, 5.41) is 13.4. The van der Waals surface area contributed by atoms with Crippen molar-refractivity contribution in [2.45, 2.75) is 0 Å². The molecule has 6 heteroatoms. The molecule has 1 aromatic heterocycles. The third kappa shape index (κ3) is 2.75. The molecule has 1 heterocycles. The van der Waals surface area contributed by atoms with Gasteiger partial charge in [-0.1, -0.05) is 6.07 Å². The smallest absolute Gasteiger partial charge is 0.162 e. The molecule has 0 aliphatic carbocycles. The van der Waals surface area contributed by atoms with E-state index in [4.69, 9.17) is 15.2 Å². The van der Waals surface area contributed by atoms with Gasteiger partial charge < -0.3 is 20.5 Å². The molecular weight excluding hydrogens is 304 g/mol. The molecule has 0 atom stereocenters. The molecule has 0 amide bonds. The van der Waals surface area contributed by atoms with Gasteiger partial charge >= 0.3 is 0 Å². The van der Waals surface area contributed by atoms with Gasteiger partial charge in [-0.3, -0.25) is 4.98 Å². The largest absolute Gasteiger partial charge is 0.493 e. The van der Waals surface area contributed by atoms with Crippen molar-refractivity contribution < 1.29 is 9.47 Å². The number of pyridine rings is 1. The third-order valence-electron chi connectivity index (χ3n) is 3.65. The highest BCUT2D eigenvalue weighted by Crippen LogP contribution is 2.37. The Kier molecular flexibility index (Phi) is 4.08. The fraction of sp³-hybridized carbons (Fsp3) is 0.111. The van der Waals surface area contributed by atoms with Gasteiger partial charge in [-0.2, -0.15) is 5.26 Å². The predicted octanol–water partition coefficient (Wildman–Crippen LogP) is 3.45. The number of hydrogen-bond acceptors (Lipinski definition) is 6. The number of nitrogens with one attached hydrogen (secondary N) is 1. The van der Waals surface area contributed by atoms with Crippen LogP contribution >= 0.6 is 0 Å². The lowest BCUT2D eigenvalue weighted by molar-refractivity contribution is 0.356. The minimum atomic E-state index is 0.428. The number of nitrogens with two attached hydrogens (primary N) is 1. The lowest BCUT2D eigenvalue weighted by Crippen LogP contribution is -1.99. The lowest BCUT2D eigenvalue weighted by atomic mass is 10.1. The first-order valence-electron chi connectivity index (χ1n) is 7.23. The summed E-state index contributed by atoms with van der Waals surface area (Å²) in [6, 6.07) is 13.1. The number of benzene rings is 2. The van der Waals surface area contributed by atoms with Crippen LogP contribution in [0.25, 0.3) is 10.9 Å². The van der Waals surface area contributed by atoms with Gasteiger partial charge in [0.2, 0.25) is 0 Å². The van der Waals surface area contributed by atoms with Gasteiger partial charge in [-0.15, -0.1) is 0 Å².